The Labute approximate surface area is 182 Å². The number of ether oxygens (including phenoxy) is 2. The molecule has 31 heavy (non-hydrogen) atoms. The highest BCUT2D eigenvalue weighted by molar-refractivity contribution is 5.91. The Morgan fingerprint density at radius 3 is 2.03 bits per heavy atom. The van der Waals surface area contributed by atoms with Crippen molar-refractivity contribution in [1.82, 2.24) is 0 Å². The van der Waals surface area contributed by atoms with Crippen LogP contribution in [0.2, 0.25) is 0 Å². The van der Waals surface area contributed by atoms with Gasteiger partial charge in [0, 0.05) is 11.1 Å². The molecule has 0 saturated carbocycles. The first-order valence-electron chi connectivity index (χ1n) is 10.5. The minimum atomic E-state index is -1.43. The Hall–Kier alpha value is -3.53. The molecular formula is C27H26O4. The van der Waals surface area contributed by atoms with Crippen LogP contribution in [-0.2, 0) is 32.9 Å². The Bertz CT molecular complexity index is 1070. The maximum Gasteiger partial charge on any atom is 0.379 e. The fourth-order valence-corrected chi connectivity index (χ4v) is 3.93. The molecule has 0 amide bonds. The number of benzene rings is 3. The van der Waals surface area contributed by atoms with Gasteiger partial charge in [-0.3, -0.25) is 0 Å². The molecule has 3 aromatic carbocycles. The van der Waals surface area contributed by atoms with E-state index in [0.29, 0.717) is 17.0 Å². The van der Waals surface area contributed by atoms with Gasteiger partial charge in [-0.25, -0.2) is 4.79 Å². The van der Waals surface area contributed by atoms with Gasteiger partial charge in [-0.2, -0.15) is 0 Å². The molecule has 1 N–H and O–H groups in total. The van der Waals surface area contributed by atoms with Gasteiger partial charge in [0.15, 0.2) is 5.76 Å². The zero-order valence-corrected chi connectivity index (χ0v) is 17.7. The number of aliphatic hydroxyl groups is 1. The lowest BCUT2D eigenvalue weighted by molar-refractivity contribution is -0.148. The summed E-state index contributed by atoms with van der Waals surface area (Å²) in [5.74, 6) is -0.525. The van der Waals surface area contributed by atoms with Gasteiger partial charge in [0.25, 0.3) is 0 Å². The van der Waals surface area contributed by atoms with Crippen molar-refractivity contribution < 1.29 is 19.4 Å². The number of carbonyl (C=O) groups is 1. The third kappa shape index (κ3) is 4.06. The predicted octanol–water partition coefficient (Wildman–Crippen LogP) is 5.67. The van der Waals surface area contributed by atoms with E-state index in [1.165, 1.54) is 5.56 Å². The van der Waals surface area contributed by atoms with E-state index < -0.39 is 11.6 Å². The molecule has 0 aromatic heterocycles. The summed E-state index contributed by atoms with van der Waals surface area (Å²) in [6, 6.07) is 26.6. The molecule has 0 aliphatic carbocycles. The largest absolute Gasteiger partial charge is 0.504 e. The average Bonchev–Trinajstić information content (AvgIpc) is 3.04. The fraction of sp³-hybridized carbons (Fsp3) is 0.222. The number of hydrogen-bond acceptors (Lipinski definition) is 4. The molecule has 1 aliphatic rings. The topological polar surface area (TPSA) is 55.8 Å². The van der Waals surface area contributed by atoms with E-state index in [0.717, 1.165) is 12.0 Å². The van der Waals surface area contributed by atoms with E-state index in [1.807, 2.05) is 84.9 Å². The molecular weight excluding hydrogens is 388 g/mol. The van der Waals surface area contributed by atoms with Gasteiger partial charge in [0.2, 0.25) is 11.4 Å². The molecule has 0 radical (unpaired) electrons. The first kappa shape index (κ1) is 20.7. The van der Waals surface area contributed by atoms with Gasteiger partial charge >= 0.3 is 5.97 Å². The van der Waals surface area contributed by atoms with Crippen molar-refractivity contribution in [3.63, 3.8) is 0 Å². The molecule has 4 rings (SSSR count). The second-order valence-corrected chi connectivity index (χ2v) is 8.18. The van der Waals surface area contributed by atoms with Crippen molar-refractivity contribution in [3.05, 3.63) is 119 Å². The van der Waals surface area contributed by atoms with Gasteiger partial charge < -0.3 is 14.6 Å². The maximum atomic E-state index is 12.8. The lowest BCUT2D eigenvalue weighted by Crippen LogP contribution is -2.31. The van der Waals surface area contributed by atoms with Gasteiger partial charge in [-0.15, -0.1) is 0 Å². The van der Waals surface area contributed by atoms with E-state index in [-0.39, 0.29) is 18.1 Å². The van der Waals surface area contributed by atoms with Crippen LogP contribution >= 0.6 is 0 Å². The number of hydrogen-bond donors (Lipinski definition) is 1. The van der Waals surface area contributed by atoms with Crippen LogP contribution in [-0.4, -0.2) is 11.1 Å². The van der Waals surface area contributed by atoms with Gasteiger partial charge in [0.05, 0.1) is 0 Å². The van der Waals surface area contributed by atoms with Crippen LogP contribution in [0.4, 0.5) is 0 Å². The molecule has 158 valence electrons. The van der Waals surface area contributed by atoms with Gasteiger partial charge in [-0.05, 0) is 23.5 Å². The molecule has 1 aliphatic heterocycles. The smallest absolute Gasteiger partial charge is 0.379 e. The zero-order valence-electron chi connectivity index (χ0n) is 17.7. The SMILES string of the molecule is CC(C)Cc1ccc(C2(c3ccccc3)OC(=O)C(OCc3ccccc3)=C2O)cc1. The molecule has 3 aromatic rings. The monoisotopic (exact) mass is 414 g/mol. The van der Waals surface area contributed by atoms with E-state index in [2.05, 4.69) is 13.8 Å². The number of rotatable bonds is 7. The molecule has 1 atom stereocenters. The molecule has 0 bridgehead atoms. The average molecular weight is 415 g/mol. The summed E-state index contributed by atoms with van der Waals surface area (Å²) in [5.41, 5.74) is 1.99. The summed E-state index contributed by atoms with van der Waals surface area (Å²) in [6.45, 7) is 4.50. The molecule has 1 heterocycles. The highest BCUT2D eigenvalue weighted by Crippen LogP contribution is 2.46. The Kier molecular flexibility index (Phi) is 5.81. The van der Waals surface area contributed by atoms with Crippen molar-refractivity contribution in [3.8, 4) is 0 Å². The van der Waals surface area contributed by atoms with Gasteiger partial charge in [-0.1, -0.05) is 98.8 Å². The first-order valence-corrected chi connectivity index (χ1v) is 10.5. The van der Waals surface area contributed by atoms with E-state index in [9.17, 15) is 9.90 Å². The minimum absolute atomic E-state index is 0.154. The lowest BCUT2D eigenvalue weighted by atomic mass is 9.84. The summed E-state index contributed by atoms with van der Waals surface area (Å²) in [4.78, 5) is 12.8. The highest BCUT2D eigenvalue weighted by atomic mass is 16.6. The third-order valence-electron chi connectivity index (χ3n) is 5.39. The summed E-state index contributed by atoms with van der Waals surface area (Å²) in [6.07, 6.45) is 0.950. The Morgan fingerprint density at radius 1 is 0.839 bits per heavy atom. The lowest BCUT2D eigenvalue weighted by Gasteiger charge is -2.29. The normalized spacial score (nSPS) is 18.4. The molecule has 4 heteroatoms. The minimum Gasteiger partial charge on any atom is -0.504 e. The summed E-state index contributed by atoms with van der Waals surface area (Å²) >= 11 is 0. The van der Waals surface area contributed by atoms with Crippen LogP contribution in [0.3, 0.4) is 0 Å². The van der Waals surface area contributed by atoms with E-state index in [1.54, 1.807) is 0 Å². The van der Waals surface area contributed by atoms with E-state index >= 15 is 0 Å². The van der Waals surface area contributed by atoms with Crippen LogP contribution in [0, 0.1) is 5.92 Å². The Balaban J connectivity index is 1.75. The van der Waals surface area contributed by atoms with Crippen LogP contribution in [0.15, 0.2) is 96.4 Å². The highest BCUT2D eigenvalue weighted by Gasteiger charge is 2.52. The van der Waals surface area contributed by atoms with Crippen LogP contribution < -0.4 is 0 Å². The summed E-state index contributed by atoms with van der Waals surface area (Å²) < 4.78 is 11.6. The second kappa shape index (κ2) is 8.68. The summed E-state index contributed by atoms with van der Waals surface area (Å²) in [5, 5.41) is 11.3. The fourth-order valence-electron chi connectivity index (χ4n) is 3.93. The molecule has 1 unspecified atom stereocenters. The predicted molar refractivity (Wildman–Crippen MR) is 119 cm³/mol. The molecule has 4 nitrogen and oxygen atoms in total. The number of aliphatic hydroxyl groups excluding tert-OH is 1. The van der Waals surface area contributed by atoms with Crippen LogP contribution in [0.1, 0.15) is 36.1 Å². The number of esters is 1. The van der Waals surface area contributed by atoms with Crippen molar-refractivity contribution in [2.75, 3.05) is 0 Å². The van der Waals surface area contributed by atoms with Crippen molar-refractivity contribution in [1.29, 1.82) is 0 Å². The first-order chi connectivity index (χ1) is 15.0. The third-order valence-corrected chi connectivity index (χ3v) is 5.39. The number of cyclic esters (lactones) is 1. The Morgan fingerprint density at radius 2 is 1.42 bits per heavy atom. The second-order valence-electron chi connectivity index (χ2n) is 8.18. The number of carbonyl (C=O) groups excluding carboxylic acids is 1. The summed E-state index contributed by atoms with van der Waals surface area (Å²) in [7, 11) is 0. The van der Waals surface area contributed by atoms with Crippen LogP contribution in [0.5, 0.6) is 0 Å². The van der Waals surface area contributed by atoms with Gasteiger partial charge in [0.1, 0.15) is 6.61 Å². The van der Waals surface area contributed by atoms with Crippen molar-refractivity contribution in [2.24, 2.45) is 5.92 Å². The van der Waals surface area contributed by atoms with E-state index in [4.69, 9.17) is 9.47 Å². The standard InChI is InChI=1S/C27H26O4/c1-19(2)17-20-13-15-23(16-14-20)27(22-11-7-4-8-12-22)25(28)24(26(29)31-27)30-18-21-9-5-3-6-10-21/h3-16,19,28H,17-18H2,1-2H3. The molecule has 0 saturated heterocycles. The zero-order chi connectivity index (χ0) is 21.8. The molecule has 0 fully saturated rings. The maximum absolute atomic E-state index is 12.8. The quantitative estimate of drug-likeness (QED) is 0.506. The van der Waals surface area contributed by atoms with Crippen molar-refractivity contribution >= 4 is 5.97 Å². The van der Waals surface area contributed by atoms with Crippen LogP contribution in [0.25, 0.3) is 0 Å². The van der Waals surface area contributed by atoms with Crippen molar-refractivity contribution in [2.45, 2.75) is 32.5 Å². The molecule has 0 spiro atoms.